The number of carbonyl (C=O) groups is 1. The number of ether oxygens (including phenoxy) is 4. The van der Waals surface area contributed by atoms with Crippen molar-refractivity contribution in [2.75, 3.05) is 89.5 Å². The quantitative estimate of drug-likeness (QED) is 0.0566. The number of nitrogens with one attached hydrogen (secondary N) is 2. The minimum atomic E-state index is -0.475. The van der Waals surface area contributed by atoms with Gasteiger partial charge in [-0.1, -0.05) is 26.0 Å². The first-order valence-electron chi connectivity index (χ1n) is 33.7. The number of anilines is 6. The van der Waals surface area contributed by atoms with Crippen LogP contribution in [0.3, 0.4) is 0 Å². The third-order valence-electron chi connectivity index (χ3n) is 17.4. The molecule has 528 valence electrons. The van der Waals surface area contributed by atoms with Crippen molar-refractivity contribution < 1.29 is 28.1 Å². The normalized spacial score (nSPS) is 12.0. The van der Waals surface area contributed by atoms with Gasteiger partial charge in [0.05, 0.1) is 122 Å². The second-order valence-corrected chi connectivity index (χ2v) is 24.9. The number of hydrogen-bond acceptors (Lipinski definition) is 20. The van der Waals surface area contributed by atoms with Gasteiger partial charge in [-0.05, 0) is 79.2 Å². The molecule has 0 atom stereocenters. The lowest BCUT2D eigenvalue weighted by atomic mass is 10.1. The molecule has 0 radical (unpaired) electrons. The van der Waals surface area contributed by atoms with Crippen LogP contribution in [0.5, 0.6) is 23.0 Å². The maximum atomic E-state index is 14.5. The largest absolute Gasteiger partial charge is 0.497 e. The Bertz CT molecular complexity index is 5080. The molecule has 0 aliphatic carbocycles. The minimum Gasteiger partial charge on any atom is -0.497 e. The van der Waals surface area contributed by atoms with Gasteiger partial charge in [0.1, 0.15) is 34.6 Å². The van der Waals surface area contributed by atoms with Crippen LogP contribution in [0, 0.1) is 5.82 Å². The highest BCUT2D eigenvalue weighted by atomic mass is 19.1. The molecule has 6 aromatic carbocycles. The average Bonchev–Trinajstić information content (AvgIpc) is 1.52. The Hall–Kier alpha value is -12.2. The Morgan fingerprint density at radius 3 is 1.39 bits per heavy atom. The molecule has 7 aromatic heterocycles. The minimum absolute atomic E-state index is 0.263. The number of halogens is 1. The molecule has 1 aliphatic rings. The number of fused-ring (bicyclic) bond motifs is 3. The molecule has 14 rings (SSSR count). The van der Waals surface area contributed by atoms with Crippen molar-refractivity contribution in [2.45, 2.75) is 32.9 Å². The fraction of sp³-hybridized carbons (Fsp3) is 0.260. The van der Waals surface area contributed by atoms with Crippen molar-refractivity contribution in [1.82, 2.24) is 84.3 Å². The summed E-state index contributed by atoms with van der Waals surface area (Å²) in [6.45, 7) is 9.72. The summed E-state index contributed by atoms with van der Waals surface area (Å²) >= 11 is 0. The van der Waals surface area contributed by atoms with Crippen LogP contribution in [0.2, 0.25) is 0 Å². The van der Waals surface area contributed by atoms with Gasteiger partial charge in [0.2, 0.25) is 0 Å². The molecule has 25 nitrogen and oxygen atoms in total. The van der Waals surface area contributed by atoms with Crippen LogP contribution in [0.25, 0.3) is 66.9 Å². The highest BCUT2D eigenvalue weighted by Gasteiger charge is 2.21. The van der Waals surface area contributed by atoms with Crippen molar-refractivity contribution in [3.8, 4) is 56.8 Å². The van der Waals surface area contributed by atoms with Gasteiger partial charge in [-0.15, -0.1) is 0 Å². The highest BCUT2D eigenvalue weighted by molar-refractivity contribution is 5.95. The van der Waals surface area contributed by atoms with Crippen LogP contribution in [-0.4, -0.2) is 160 Å². The Labute approximate surface area is 596 Å². The first-order valence-corrected chi connectivity index (χ1v) is 33.7. The number of hydrogen-bond donors (Lipinski definition) is 2. The van der Waals surface area contributed by atoms with E-state index >= 15 is 0 Å². The number of benzene rings is 6. The van der Waals surface area contributed by atoms with Gasteiger partial charge >= 0.3 is 0 Å². The zero-order chi connectivity index (χ0) is 72.1. The maximum absolute atomic E-state index is 14.5. The molecule has 8 heterocycles. The summed E-state index contributed by atoms with van der Waals surface area (Å²) in [6, 6.07) is 34.5. The van der Waals surface area contributed by atoms with Crippen LogP contribution in [0.4, 0.5) is 38.5 Å². The van der Waals surface area contributed by atoms with Crippen LogP contribution in [-0.2, 0) is 34.7 Å². The van der Waals surface area contributed by atoms with E-state index in [-0.39, 0.29) is 11.5 Å². The van der Waals surface area contributed by atoms with E-state index in [4.69, 9.17) is 33.9 Å². The van der Waals surface area contributed by atoms with E-state index in [0.29, 0.717) is 48.4 Å². The molecule has 0 fully saturated rings. The summed E-state index contributed by atoms with van der Waals surface area (Å²) < 4.78 is 43.9. The van der Waals surface area contributed by atoms with E-state index in [9.17, 15) is 9.18 Å². The van der Waals surface area contributed by atoms with Crippen LogP contribution in [0.15, 0.2) is 190 Å². The van der Waals surface area contributed by atoms with Crippen molar-refractivity contribution in [3.63, 3.8) is 0 Å². The zero-order valence-corrected chi connectivity index (χ0v) is 59.6. The van der Waals surface area contributed by atoms with Gasteiger partial charge in [-0.3, -0.25) is 38.7 Å². The third-order valence-corrected chi connectivity index (χ3v) is 17.4. The summed E-state index contributed by atoms with van der Waals surface area (Å²) in [5.41, 5.74) is 15.4. The fourth-order valence-corrected chi connectivity index (χ4v) is 11.9. The number of carbonyl (C=O) groups excluding carboxylic acids is 1. The lowest BCUT2D eigenvalue weighted by Gasteiger charge is -2.30. The molecular weight excluding hydrogens is 1300 g/mol. The van der Waals surface area contributed by atoms with E-state index in [2.05, 4.69) is 98.7 Å². The number of imidazole rings is 1. The SMILES string of the molecule is CNC(=O)c1cc(F)cc(N(CCNC(C)C)c2ccc3ncc(-c4cnn(C)c4)nc3c2)c1.COc1cc(OC)cc(N(CCN2CC=CCC2)c2ccc3ncc(-c4cnn(C)c4)nc3c2)c1.COc1cc(OC)cc(N(Cc2nccn2C)c2ccc3ncc(-c4cnn(C)c4)nc3c2)c1. The predicted octanol–water partition coefficient (Wildman–Crippen LogP) is 12.2. The van der Waals surface area contributed by atoms with Crippen molar-refractivity contribution in [2.24, 2.45) is 28.2 Å². The Morgan fingerprint density at radius 2 is 0.981 bits per heavy atom. The highest BCUT2D eigenvalue weighted by Crippen LogP contribution is 2.38. The zero-order valence-electron chi connectivity index (χ0n) is 59.6. The van der Waals surface area contributed by atoms with Gasteiger partial charge in [0.25, 0.3) is 5.91 Å². The molecule has 1 amide bonds. The molecule has 13 aromatic rings. The third kappa shape index (κ3) is 17.4. The summed E-state index contributed by atoms with van der Waals surface area (Å²) in [5, 5.41) is 18.7. The van der Waals surface area contributed by atoms with E-state index in [1.807, 2.05) is 148 Å². The fourth-order valence-electron chi connectivity index (χ4n) is 11.9. The van der Waals surface area contributed by atoms with E-state index in [0.717, 1.165) is 140 Å². The van der Waals surface area contributed by atoms with Gasteiger partial charge < -0.3 is 48.8 Å². The number of aryl methyl sites for hydroxylation is 4. The van der Waals surface area contributed by atoms with E-state index in [1.54, 1.807) is 85.7 Å². The topological polar surface area (TPSA) is 240 Å². The first-order chi connectivity index (χ1) is 50.0. The average molecular weight is 1390 g/mol. The lowest BCUT2D eigenvalue weighted by Crippen LogP contribution is -2.35. The van der Waals surface area contributed by atoms with Crippen LogP contribution < -0.4 is 44.3 Å². The molecule has 0 spiro atoms. The predicted molar refractivity (Wildman–Crippen MR) is 401 cm³/mol. The maximum Gasteiger partial charge on any atom is 0.251 e. The number of methoxy groups -OCH3 is 4. The summed E-state index contributed by atoms with van der Waals surface area (Å²) in [5.74, 6) is 3.02. The molecule has 0 saturated carbocycles. The Kier molecular flexibility index (Phi) is 22.3. The van der Waals surface area contributed by atoms with Crippen molar-refractivity contribution in [1.29, 1.82) is 0 Å². The van der Waals surface area contributed by atoms with Gasteiger partial charge in [-0.25, -0.2) is 24.3 Å². The monoisotopic (exact) mass is 1390 g/mol. The number of aromatic nitrogens is 14. The first kappa shape index (κ1) is 70.7. The number of nitrogens with zero attached hydrogens (tertiary/aromatic N) is 18. The smallest absolute Gasteiger partial charge is 0.251 e. The molecule has 103 heavy (non-hydrogen) atoms. The summed E-state index contributed by atoms with van der Waals surface area (Å²) in [4.78, 5) is 54.0. The molecule has 26 heteroatoms. The van der Waals surface area contributed by atoms with E-state index in [1.165, 1.54) is 19.2 Å². The van der Waals surface area contributed by atoms with Crippen LogP contribution >= 0.6 is 0 Å². The van der Waals surface area contributed by atoms with E-state index < -0.39 is 5.82 Å². The van der Waals surface area contributed by atoms with Crippen LogP contribution in [0.1, 0.15) is 36.5 Å². The molecule has 2 N–H and O–H groups in total. The molecular formula is C77H83FN20O5. The summed E-state index contributed by atoms with van der Waals surface area (Å²) in [6.07, 6.45) is 25.7. The molecule has 1 aliphatic heterocycles. The molecule has 0 saturated heterocycles. The second-order valence-electron chi connectivity index (χ2n) is 24.9. The molecule has 0 unspecified atom stereocenters. The second kappa shape index (κ2) is 32.4. The Morgan fingerprint density at radius 1 is 0.524 bits per heavy atom. The van der Waals surface area contributed by atoms with Crippen molar-refractivity contribution >= 4 is 73.1 Å². The Balaban J connectivity index is 0.000000146. The van der Waals surface area contributed by atoms with Gasteiger partial charge in [-0.2, -0.15) is 15.3 Å². The standard InChI is InChI=1S/C27H30N6O2.C25H28FN7O.C25H25N7O2/c1-31-19-20(17-29-31)27-18-28-25-8-7-21(15-26(25)30-27)33(12-11-32-9-5-4-6-10-32)22-13-23(34-2)16-24(14-22)35-3;1-16(2)28-7-8-33(21-10-17(25(34)27-3)9-19(26)11-21)20-5-6-22-23(12-20)31-24(14-29-22)18-13-30-32(4)15-18;1-30-8-7-26-25(30)16-32(19-9-20(33-3)12-21(10-19)34-4)18-5-6-22-23(11-18)29-24(14-27-22)17-13-28-31(2)15-17/h4-5,7-8,13-19H,6,9-12H2,1-3H3;5-6,9-16,28H,7-8H2,1-4H3,(H,27,34);5-15H,16H2,1-4H3. The van der Waals surface area contributed by atoms with Gasteiger partial charge in [0, 0.05) is 204 Å². The summed E-state index contributed by atoms with van der Waals surface area (Å²) in [7, 11) is 15.8. The number of amides is 1. The number of rotatable bonds is 23. The van der Waals surface area contributed by atoms with Gasteiger partial charge in [0.15, 0.2) is 0 Å². The molecule has 0 bridgehead atoms. The lowest BCUT2D eigenvalue weighted by molar-refractivity contribution is 0.0962. The van der Waals surface area contributed by atoms with Crippen molar-refractivity contribution in [3.05, 3.63) is 207 Å².